The summed E-state index contributed by atoms with van der Waals surface area (Å²) in [5.74, 6) is 0.0965. The van der Waals surface area contributed by atoms with Crippen molar-refractivity contribution in [1.29, 1.82) is 0 Å². The van der Waals surface area contributed by atoms with Gasteiger partial charge in [0, 0.05) is 31.7 Å². The molecule has 0 bridgehead atoms. The second-order valence-corrected chi connectivity index (χ2v) is 8.06. The minimum Gasteiger partial charge on any atom is -0.310 e. The molecule has 0 spiro atoms. The molecule has 0 amide bonds. The Morgan fingerprint density at radius 3 is 2.62 bits per heavy atom. The lowest BCUT2D eigenvalue weighted by Gasteiger charge is -2.18. The fourth-order valence-corrected chi connectivity index (χ4v) is 3.40. The predicted octanol–water partition coefficient (Wildman–Crippen LogP) is 2.35. The minimum absolute atomic E-state index is 0.160. The molecule has 0 unspecified atom stereocenters. The molecule has 4 nitrogen and oxygen atoms in total. The van der Waals surface area contributed by atoms with Crippen LogP contribution >= 0.6 is 0 Å². The molecule has 21 heavy (non-hydrogen) atoms. The fourth-order valence-electron chi connectivity index (χ4n) is 2.10. The molecule has 118 valence electrons. The third-order valence-electron chi connectivity index (χ3n) is 3.64. The average molecular weight is 314 g/mol. The number of hydrogen-bond donors (Lipinski definition) is 1. The van der Waals surface area contributed by atoms with Crippen molar-refractivity contribution in [2.45, 2.75) is 44.2 Å². The molecule has 0 aromatic heterocycles. The molecule has 1 N–H and O–H groups in total. The van der Waals surface area contributed by atoms with Crippen molar-refractivity contribution >= 4 is 10.0 Å². The molecule has 6 heteroatoms. The standard InChI is InChI=1S/C15H23FN2O2S/c1-11(2)17-9-13-8-14(6-7-15(13)16)21(19,20)18(3)10-12-4-5-12/h6-8,11-12,17H,4-5,9-10H2,1-3H3. The molecule has 0 aliphatic heterocycles. The average Bonchev–Trinajstić information content (AvgIpc) is 3.21. The smallest absolute Gasteiger partial charge is 0.242 e. The van der Waals surface area contributed by atoms with Crippen LogP contribution in [0.1, 0.15) is 32.3 Å². The van der Waals surface area contributed by atoms with Crippen molar-refractivity contribution in [3.05, 3.63) is 29.6 Å². The summed E-state index contributed by atoms with van der Waals surface area (Å²) in [5.41, 5.74) is 0.379. The zero-order valence-electron chi connectivity index (χ0n) is 12.8. The number of nitrogens with one attached hydrogen (secondary N) is 1. The summed E-state index contributed by atoms with van der Waals surface area (Å²) in [5, 5.41) is 3.10. The number of sulfonamides is 1. The Balaban J connectivity index is 2.19. The number of rotatable bonds is 7. The van der Waals surface area contributed by atoms with Gasteiger partial charge in [-0.2, -0.15) is 0 Å². The van der Waals surface area contributed by atoms with Crippen molar-refractivity contribution in [2.75, 3.05) is 13.6 Å². The van der Waals surface area contributed by atoms with Crippen LogP contribution in [0.3, 0.4) is 0 Å². The Hall–Kier alpha value is -0.980. The van der Waals surface area contributed by atoms with Crippen LogP contribution in [0.15, 0.2) is 23.1 Å². The number of halogens is 1. The number of nitrogens with zero attached hydrogens (tertiary/aromatic N) is 1. The van der Waals surface area contributed by atoms with E-state index in [2.05, 4.69) is 5.32 Å². The lowest BCUT2D eigenvalue weighted by Crippen LogP contribution is -2.29. The molecule has 1 aromatic rings. The Morgan fingerprint density at radius 1 is 1.38 bits per heavy atom. The Morgan fingerprint density at radius 2 is 2.05 bits per heavy atom. The van der Waals surface area contributed by atoms with E-state index in [1.165, 1.54) is 22.5 Å². The van der Waals surface area contributed by atoms with Gasteiger partial charge in [0.1, 0.15) is 5.82 Å². The van der Waals surface area contributed by atoms with Gasteiger partial charge in [0.15, 0.2) is 0 Å². The Labute approximate surface area is 126 Å². The highest BCUT2D eigenvalue weighted by Crippen LogP contribution is 2.31. The molecular weight excluding hydrogens is 291 g/mol. The minimum atomic E-state index is -3.53. The molecule has 0 saturated heterocycles. The molecular formula is C15H23FN2O2S. The van der Waals surface area contributed by atoms with Gasteiger partial charge in [-0.05, 0) is 37.0 Å². The van der Waals surface area contributed by atoms with E-state index in [9.17, 15) is 12.8 Å². The third kappa shape index (κ3) is 4.25. The lowest BCUT2D eigenvalue weighted by atomic mass is 10.2. The first-order chi connectivity index (χ1) is 9.80. The van der Waals surface area contributed by atoms with Crippen LogP contribution in [0.25, 0.3) is 0 Å². The van der Waals surface area contributed by atoms with Crippen LogP contribution < -0.4 is 5.32 Å². The first-order valence-electron chi connectivity index (χ1n) is 7.29. The van der Waals surface area contributed by atoms with E-state index in [-0.39, 0.29) is 16.8 Å². The second-order valence-electron chi connectivity index (χ2n) is 6.02. The highest BCUT2D eigenvalue weighted by Gasteiger charge is 2.29. The van der Waals surface area contributed by atoms with Crippen LogP contribution in [-0.4, -0.2) is 32.4 Å². The van der Waals surface area contributed by atoms with Crippen molar-refractivity contribution in [3.8, 4) is 0 Å². The zero-order valence-corrected chi connectivity index (χ0v) is 13.6. The Bertz CT molecular complexity index is 598. The van der Waals surface area contributed by atoms with Crippen molar-refractivity contribution in [3.63, 3.8) is 0 Å². The predicted molar refractivity (Wildman–Crippen MR) is 80.9 cm³/mol. The molecule has 0 atom stereocenters. The van der Waals surface area contributed by atoms with Gasteiger partial charge in [0.2, 0.25) is 10.0 Å². The highest BCUT2D eigenvalue weighted by atomic mass is 32.2. The molecule has 0 heterocycles. The quantitative estimate of drug-likeness (QED) is 0.840. The van der Waals surface area contributed by atoms with Gasteiger partial charge < -0.3 is 5.32 Å². The summed E-state index contributed by atoms with van der Waals surface area (Å²) in [6, 6.07) is 4.22. The summed E-state index contributed by atoms with van der Waals surface area (Å²) in [6.07, 6.45) is 2.18. The normalized spacial score (nSPS) is 15.9. The van der Waals surface area contributed by atoms with Gasteiger partial charge in [0.05, 0.1) is 4.90 Å². The summed E-state index contributed by atoms with van der Waals surface area (Å²) in [7, 11) is -1.95. The first-order valence-corrected chi connectivity index (χ1v) is 8.73. The largest absolute Gasteiger partial charge is 0.310 e. The lowest BCUT2D eigenvalue weighted by molar-refractivity contribution is 0.452. The Kier molecular flexibility index (Phi) is 5.01. The maximum Gasteiger partial charge on any atom is 0.242 e. The summed E-state index contributed by atoms with van der Waals surface area (Å²) in [6.45, 7) is 4.78. The summed E-state index contributed by atoms with van der Waals surface area (Å²) in [4.78, 5) is 0.160. The summed E-state index contributed by atoms with van der Waals surface area (Å²) >= 11 is 0. The van der Waals surface area contributed by atoms with E-state index in [1.54, 1.807) is 7.05 Å². The highest BCUT2D eigenvalue weighted by molar-refractivity contribution is 7.89. The molecule has 0 radical (unpaired) electrons. The second kappa shape index (κ2) is 6.42. The molecule has 1 aliphatic rings. The molecule has 2 rings (SSSR count). The van der Waals surface area contributed by atoms with Gasteiger partial charge in [0.25, 0.3) is 0 Å². The third-order valence-corrected chi connectivity index (χ3v) is 5.46. The van der Waals surface area contributed by atoms with E-state index in [4.69, 9.17) is 0 Å². The molecule has 1 saturated carbocycles. The first kappa shape index (κ1) is 16.4. The number of benzene rings is 1. The topological polar surface area (TPSA) is 49.4 Å². The van der Waals surface area contributed by atoms with Crippen molar-refractivity contribution in [1.82, 2.24) is 9.62 Å². The van der Waals surface area contributed by atoms with Gasteiger partial charge in [-0.25, -0.2) is 17.1 Å². The molecule has 1 aliphatic carbocycles. The van der Waals surface area contributed by atoms with E-state index >= 15 is 0 Å². The maximum atomic E-state index is 13.8. The number of hydrogen-bond acceptors (Lipinski definition) is 3. The van der Waals surface area contributed by atoms with E-state index in [0.29, 0.717) is 24.6 Å². The van der Waals surface area contributed by atoms with Crippen molar-refractivity contribution < 1.29 is 12.8 Å². The van der Waals surface area contributed by atoms with Crippen molar-refractivity contribution in [2.24, 2.45) is 5.92 Å². The van der Waals surface area contributed by atoms with E-state index < -0.39 is 10.0 Å². The van der Waals surface area contributed by atoms with Crippen LogP contribution in [-0.2, 0) is 16.6 Å². The maximum absolute atomic E-state index is 13.8. The van der Waals surface area contributed by atoms with Gasteiger partial charge in [-0.15, -0.1) is 0 Å². The zero-order chi connectivity index (χ0) is 15.6. The van der Waals surface area contributed by atoms with Crippen LogP contribution in [0, 0.1) is 11.7 Å². The van der Waals surface area contributed by atoms with Crippen LogP contribution in [0.4, 0.5) is 4.39 Å². The SMILES string of the molecule is CC(C)NCc1cc(S(=O)(=O)N(C)CC2CC2)ccc1F. The van der Waals surface area contributed by atoms with Crippen LogP contribution in [0.2, 0.25) is 0 Å². The van der Waals surface area contributed by atoms with Gasteiger partial charge in [-0.1, -0.05) is 13.8 Å². The van der Waals surface area contributed by atoms with Crippen LogP contribution in [0.5, 0.6) is 0 Å². The van der Waals surface area contributed by atoms with Gasteiger partial charge >= 0.3 is 0 Å². The van der Waals surface area contributed by atoms with Gasteiger partial charge in [-0.3, -0.25) is 0 Å². The van der Waals surface area contributed by atoms with E-state index in [1.807, 2.05) is 13.8 Å². The monoisotopic (exact) mass is 314 g/mol. The molecule has 1 aromatic carbocycles. The summed E-state index contributed by atoms with van der Waals surface area (Å²) < 4.78 is 40.1. The van der Waals surface area contributed by atoms with E-state index in [0.717, 1.165) is 12.8 Å². The fraction of sp³-hybridized carbons (Fsp3) is 0.600. The molecule has 1 fully saturated rings.